The van der Waals surface area contributed by atoms with Crippen LogP contribution < -0.4 is 20.4 Å². The van der Waals surface area contributed by atoms with Gasteiger partial charge in [-0.25, -0.2) is 4.79 Å². The number of para-hydroxylation sites is 1. The molecule has 0 bridgehead atoms. The summed E-state index contributed by atoms with van der Waals surface area (Å²) in [6, 6.07) is 16.6. The number of hydrogen-bond acceptors (Lipinski definition) is 8. The summed E-state index contributed by atoms with van der Waals surface area (Å²) in [7, 11) is 2.15. The SMILES string of the molecule is CN1CCCN(c2nc(-c3ccc(NC(=O)Nc4ccccc4)cc3)nc(N3CCOCC3)n2)CC1. The Kier molecular flexibility index (Phi) is 7.53. The van der Waals surface area contributed by atoms with Crippen molar-refractivity contribution in [2.45, 2.75) is 6.42 Å². The van der Waals surface area contributed by atoms with Crippen molar-refractivity contribution in [1.29, 1.82) is 0 Å². The van der Waals surface area contributed by atoms with E-state index in [1.807, 2.05) is 54.6 Å². The van der Waals surface area contributed by atoms with Crippen molar-refractivity contribution >= 4 is 29.3 Å². The zero-order valence-electron chi connectivity index (χ0n) is 20.6. The maximum absolute atomic E-state index is 12.3. The molecule has 0 aliphatic carbocycles. The Hall–Kier alpha value is -3.76. The molecule has 2 amide bonds. The lowest BCUT2D eigenvalue weighted by molar-refractivity contribution is 0.122. The fourth-order valence-electron chi connectivity index (χ4n) is 4.29. The largest absolute Gasteiger partial charge is 0.378 e. The number of benzene rings is 2. The maximum atomic E-state index is 12.3. The number of nitrogens with one attached hydrogen (secondary N) is 2. The lowest BCUT2D eigenvalue weighted by Gasteiger charge is -2.28. The Morgan fingerprint density at radius 3 is 2.08 bits per heavy atom. The summed E-state index contributed by atoms with van der Waals surface area (Å²) < 4.78 is 5.52. The Labute approximate surface area is 211 Å². The molecular weight excluding hydrogens is 456 g/mol. The minimum absolute atomic E-state index is 0.294. The van der Waals surface area contributed by atoms with Crippen molar-refractivity contribution in [2.75, 3.05) is 80.0 Å². The molecule has 10 nitrogen and oxygen atoms in total. The number of rotatable bonds is 5. The lowest BCUT2D eigenvalue weighted by Crippen LogP contribution is -2.38. The van der Waals surface area contributed by atoms with E-state index in [1.165, 1.54) is 0 Å². The third-order valence-corrected chi connectivity index (χ3v) is 6.34. The number of carbonyl (C=O) groups excluding carboxylic acids is 1. The van der Waals surface area contributed by atoms with Gasteiger partial charge in [-0.2, -0.15) is 15.0 Å². The van der Waals surface area contributed by atoms with Gasteiger partial charge >= 0.3 is 6.03 Å². The molecule has 5 rings (SSSR count). The van der Waals surface area contributed by atoms with E-state index in [2.05, 4.69) is 32.4 Å². The number of nitrogens with zero attached hydrogens (tertiary/aromatic N) is 6. The lowest BCUT2D eigenvalue weighted by atomic mass is 10.2. The van der Waals surface area contributed by atoms with E-state index in [0.717, 1.165) is 56.9 Å². The van der Waals surface area contributed by atoms with Gasteiger partial charge in [-0.15, -0.1) is 0 Å². The van der Waals surface area contributed by atoms with E-state index in [0.29, 0.717) is 36.6 Å². The van der Waals surface area contributed by atoms with Crippen LogP contribution in [0.3, 0.4) is 0 Å². The summed E-state index contributed by atoms with van der Waals surface area (Å²) in [5, 5.41) is 5.69. The number of likely N-dealkylation sites (N-methyl/N-ethyl adjacent to an activating group) is 1. The fraction of sp³-hybridized carbons (Fsp3) is 0.385. The van der Waals surface area contributed by atoms with Crippen LogP contribution in [0.5, 0.6) is 0 Å². The number of urea groups is 1. The number of aromatic nitrogens is 3. The first-order valence-electron chi connectivity index (χ1n) is 12.4. The van der Waals surface area contributed by atoms with Crippen LogP contribution in [0.25, 0.3) is 11.4 Å². The predicted octanol–water partition coefficient (Wildman–Crippen LogP) is 3.16. The summed E-state index contributed by atoms with van der Waals surface area (Å²) in [5.41, 5.74) is 2.29. The molecule has 10 heteroatoms. The molecule has 2 aliphatic rings. The number of anilines is 4. The summed E-state index contributed by atoms with van der Waals surface area (Å²) in [5.74, 6) is 2.01. The topological polar surface area (TPSA) is 98.8 Å². The Balaban J connectivity index is 1.36. The molecule has 2 saturated heterocycles. The molecule has 188 valence electrons. The van der Waals surface area contributed by atoms with Crippen LogP contribution in [0.4, 0.5) is 28.1 Å². The molecule has 2 aromatic carbocycles. The molecule has 2 N–H and O–H groups in total. The van der Waals surface area contributed by atoms with Gasteiger partial charge < -0.3 is 30.1 Å². The van der Waals surface area contributed by atoms with Gasteiger partial charge in [0.05, 0.1) is 13.2 Å². The number of morpholine rings is 1. The van der Waals surface area contributed by atoms with Crippen molar-refractivity contribution in [3.05, 3.63) is 54.6 Å². The number of ether oxygens (including phenoxy) is 1. The van der Waals surface area contributed by atoms with Crippen LogP contribution in [-0.2, 0) is 4.74 Å². The van der Waals surface area contributed by atoms with Gasteiger partial charge in [0.15, 0.2) is 5.82 Å². The van der Waals surface area contributed by atoms with E-state index in [1.54, 1.807) is 0 Å². The van der Waals surface area contributed by atoms with Crippen LogP contribution in [0.2, 0.25) is 0 Å². The number of amides is 2. The highest BCUT2D eigenvalue weighted by atomic mass is 16.5. The molecule has 0 saturated carbocycles. The van der Waals surface area contributed by atoms with Gasteiger partial charge in [0.1, 0.15) is 0 Å². The van der Waals surface area contributed by atoms with Gasteiger partial charge in [-0.05, 0) is 56.4 Å². The minimum atomic E-state index is -0.294. The van der Waals surface area contributed by atoms with Crippen LogP contribution in [0.15, 0.2) is 54.6 Å². The molecule has 2 fully saturated rings. The second-order valence-corrected chi connectivity index (χ2v) is 9.02. The molecule has 0 radical (unpaired) electrons. The Bertz CT molecular complexity index is 1150. The van der Waals surface area contributed by atoms with E-state index < -0.39 is 0 Å². The van der Waals surface area contributed by atoms with Crippen molar-refractivity contribution < 1.29 is 9.53 Å². The molecular formula is C26H32N8O2. The van der Waals surface area contributed by atoms with Gasteiger partial charge in [-0.3, -0.25) is 0 Å². The standard InChI is InChI=1S/C26H32N8O2/c1-32-12-5-13-33(15-14-32)24-29-23(30-25(31-24)34-16-18-36-19-17-34)20-8-10-22(11-9-20)28-26(35)27-21-6-3-2-4-7-21/h2-4,6-11H,5,12-19H2,1H3,(H2,27,28,35). The van der Waals surface area contributed by atoms with Gasteiger partial charge in [0, 0.05) is 49.7 Å². The highest BCUT2D eigenvalue weighted by molar-refractivity contribution is 5.99. The zero-order valence-corrected chi connectivity index (χ0v) is 20.6. The van der Waals surface area contributed by atoms with Gasteiger partial charge in [0.2, 0.25) is 11.9 Å². The first kappa shape index (κ1) is 24.0. The van der Waals surface area contributed by atoms with Crippen molar-refractivity contribution in [1.82, 2.24) is 19.9 Å². The second kappa shape index (κ2) is 11.3. The Morgan fingerprint density at radius 1 is 0.750 bits per heavy atom. The Morgan fingerprint density at radius 2 is 1.39 bits per heavy atom. The van der Waals surface area contributed by atoms with Crippen LogP contribution in [0, 0.1) is 0 Å². The molecule has 2 aliphatic heterocycles. The van der Waals surface area contributed by atoms with E-state index in [9.17, 15) is 4.79 Å². The summed E-state index contributed by atoms with van der Waals surface area (Å²) in [6.45, 7) is 6.66. The van der Waals surface area contributed by atoms with E-state index in [-0.39, 0.29) is 6.03 Å². The predicted molar refractivity (Wildman–Crippen MR) is 142 cm³/mol. The summed E-state index contributed by atoms with van der Waals surface area (Å²) in [4.78, 5) is 33.6. The quantitative estimate of drug-likeness (QED) is 0.565. The van der Waals surface area contributed by atoms with Crippen LogP contribution in [-0.4, -0.2) is 85.4 Å². The summed E-state index contributed by atoms with van der Waals surface area (Å²) >= 11 is 0. The molecule has 0 spiro atoms. The van der Waals surface area contributed by atoms with Crippen molar-refractivity contribution in [3.8, 4) is 11.4 Å². The molecule has 3 aromatic rings. The first-order chi connectivity index (χ1) is 17.6. The third kappa shape index (κ3) is 6.07. The maximum Gasteiger partial charge on any atom is 0.323 e. The van der Waals surface area contributed by atoms with Crippen molar-refractivity contribution in [2.24, 2.45) is 0 Å². The summed E-state index contributed by atoms with van der Waals surface area (Å²) in [6.07, 6.45) is 1.07. The molecule has 3 heterocycles. The van der Waals surface area contributed by atoms with Gasteiger partial charge in [0.25, 0.3) is 0 Å². The highest BCUT2D eigenvalue weighted by Gasteiger charge is 2.21. The van der Waals surface area contributed by atoms with Crippen molar-refractivity contribution in [3.63, 3.8) is 0 Å². The molecule has 36 heavy (non-hydrogen) atoms. The first-order valence-corrected chi connectivity index (χ1v) is 12.4. The van der Waals surface area contributed by atoms with Crippen LogP contribution in [0.1, 0.15) is 6.42 Å². The van der Waals surface area contributed by atoms with E-state index >= 15 is 0 Å². The third-order valence-electron chi connectivity index (χ3n) is 6.34. The monoisotopic (exact) mass is 488 g/mol. The highest BCUT2D eigenvalue weighted by Crippen LogP contribution is 2.24. The minimum Gasteiger partial charge on any atom is -0.378 e. The normalized spacial score (nSPS) is 16.9. The molecule has 1 aromatic heterocycles. The number of carbonyl (C=O) groups is 1. The average molecular weight is 489 g/mol. The van der Waals surface area contributed by atoms with Gasteiger partial charge in [-0.1, -0.05) is 18.2 Å². The fourth-order valence-corrected chi connectivity index (χ4v) is 4.29. The van der Waals surface area contributed by atoms with Crippen LogP contribution >= 0.6 is 0 Å². The second-order valence-electron chi connectivity index (χ2n) is 9.02. The molecule has 0 unspecified atom stereocenters. The zero-order chi connectivity index (χ0) is 24.7. The average Bonchev–Trinajstić information content (AvgIpc) is 3.14. The smallest absolute Gasteiger partial charge is 0.323 e. The van der Waals surface area contributed by atoms with E-state index in [4.69, 9.17) is 19.7 Å². The molecule has 0 atom stereocenters. The number of hydrogen-bond donors (Lipinski definition) is 2.